The molecule has 0 saturated carbocycles. The first-order valence-electron chi connectivity index (χ1n) is 10.4. The Morgan fingerprint density at radius 2 is 1.94 bits per heavy atom. The van der Waals surface area contributed by atoms with Crippen molar-refractivity contribution in [1.82, 2.24) is 14.7 Å². The average molecular weight is 430 g/mol. The van der Waals surface area contributed by atoms with Crippen LogP contribution in [0.15, 0.2) is 65.3 Å². The summed E-state index contributed by atoms with van der Waals surface area (Å²) in [6.07, 6.45) is 1.81. The summed E-state index contributed by atoms with van der Waals surface area (Å²) >= 11 is 0. The van der Waals surface area contributed by atoms with Crippen molar-refractivity contribution in [3.8, 4) is 34.5 Å². The molecule has 8 nitrogen and oxygen atoms in total. The number of rotatable bonds is 6. The van der Waals surface area contributed by atoms with Crippen LogP contribution >= 0.6 is 0 Å². The summed E-state index contributed by atoms with van der Waals surface area (Å²) in [4.78, 5) is 17.3. The van der Waals surface area contributed by atoms with Gasteiger partial charge in [0.2, 0.25) is 18.5 Å². The van der Waals surface area contributed by atoms with Crippen LogP contribution in [0, 0.1) is 0 Å². The molecule has 0 radical (unpaired) electrons. The molecule has 32 heavy (non-hydrogen) atoms. The number of nitrogens with zero attached hydrogens (tertiary/aromatic N) is 3. The van der Waals surface area contributed by atoms with Crippen LogP contribution in [0.4, 0.5) is 5.69 Å². The Hall–Kier alpha value is -4.07. The van der Waals surface area contributed by atoms with E-state index in [1.54, 1.807) is 4.57 Å². The van der Waals surface area contributed by atoms with E-state index in [1.807, 2.05) is 60.8 Å². The fraction of sp³-hybridized carbons (Fsp3) is 0.208. The Balaban J connectivity index is 1.34. The third kappa shape index (κ3) is 3.82. The third-order valence-electron chi connectivity index (χ3n) is 5.28. The number of nitrogens with one attached hydrogen (secondary N) is 1. The van der Waals surface area contributed by atoms with Crippen LogP contribution < -0.4 is 14.8 Å². The lowest BCUT2D eigenvalue weighted by Crippen LogP contribution is -2.19. The summed E-state index contributed by atoms with van der Waals surface area (Å²) in [5.74, 6) is 2.28. The van der Waals surface area contributed by atoms with Gasteiger partial charge in [-0.05, 0) is 47.9 Å². The van der Waals surface area contributed by atoms with Crippen molar-refractivity contribution in [3.05, 3.63) is 66.4 Å². The van der Waals surface area contributed by atoms with Crippen molar-refractivity contribution < 1.29 is 18.8 Å². The van der Waals surface area contributed by atoms with E-state index in [0.29, 0.717) is 34.8 Å². The molecule has 1 amide bonds. The highest BCUT2D eigenvalue weighted by atomic mass is 16.7. The minimum atomic E-state index is -0.133. The highest BCUT2D eigenvalue weighted by Crippen LogP contribution is 2.35. The van der Waals surface area contributed by atoms with Crippen molar-refractivity contribution in [2.75, 3.05) is 12.1 Å². The maximum Gasteiger partial charge on any atom is 0.274 e. The molecule has 5 rings (SSSR count). The van der Waals surface area contributed by atoms with Gasteiger partial charge in [0.25, 0.3) is 5.89 Å². The molecule has 0 fully saturated rings. The molecule has 4 aromatic rings. The SMILES string of the molecule is CC(C)c1ccccc1NC(=O)Cn1cccc1-c1nc(-c2ccc3c(c2)OCO3)no1. The maximum absolute atomic E-state index is 12.7. The number of fused-ring (bicyclic) bond motifs is 1. The normalized spacial score (nSPS) is 12.3. The van der Waals surface area contributed by atoms with E-state index < -0.39 is 0 Å². The van der Waals surface area contributed by atoms with Crippen molar-refractivity contribution in [2.24, 2.45) is 0 Å². The van der Waals surface area contributed by atoms with Crippen LogP contribution in [0.25, 0.3) is 23.0 Å². The molecule has 3 heterocycles. The Morgan fingerprint density at radius 3 is 2.81 bits per heavy atom. The van der Waals surface area contributed by atoms with Gasteiger partial charge in [0, 0.05) is 17.4 Å². The Morgan fingerprint density at radius 1 is 1.09 bits per heavy atom. The molecule has 2 aromatic carbocycles. The number of ether oxygens (including phenoxy) is 2. The predicted octanol–water partition coefficient (Wildman–Crippen LogP) is 4.70. The monoisotopic (exact) mass is 430 g/mol. The standard InChI is InChI=1S/C24H22N4O4/c1-15(2)17-6-3-4-7-18(17)25-22(29)13-28-11-5-8-19(28)24-26-23(27-32-24)16-9-10-20-21(12-16)31-14-30-20/h3-12,15H,13-14H2,1-2H3,(H,25,29). The lowest BCUT2D eigenvalue weighted by Gasteiger charge is -2.14. The molecule has 0 bridgehead atoms. The molecular weight excluding hydrogens is 408 g/mol. The molecule has 8 heteroatoms. The number of amides is 1. The van der Waals surface area contributed by atoms with Crippen molar-refractivity contribution in [3.63, 3.8) is 0 Å². The van der Waals surface area contributed by atoms with Crippen LogP contribution in [0.2, 0.25) is 0 Å². The van der Waals surface area contributed by atoms with Gasteiger partial charge in [0.1, 0.15) is 12.2 Å². The smallest absolute Gasteiger partial charge is 0.274 e. The summed E-state index contributed by atoms with van der Waals surface area (Å²) < 4.78 is 18.0. The molecule has 0 atom stereocenters. The number of aromatic nitrogens is 3. The Kier molecular flexibility index (Phi) is 5.10. The fourth-order valence-electron chi connectivity index (χ4n) is 3.69. The fourth-order valence-corrected chi connectivity index (χ4v) is 3.69. The summed E-state index contributed by atoms with van der Waals surface area (Å²) in [7, 11) is 0. The lowest BCUT2D eigenvalue weighted by molar-refractivity contribution is -0.116. The number of hydrogen-bond acceptors (Lipinski definition) is 6. The number of carbonyl (C=O) groups excluding carboxylic acids is 1. The van der Waals surface area contributed by atoms with Crippen LogP contribution in [0.1, 0.15) is 25.3 Å². The molecule has 2 aromatic heterocycles. The van der Waals surface area contributed by atoms with E-state index >= 15 is 0 Å². The molecule has 1 N–H and O–H groups in total. The minimum Gasteiger partial charge on any atom is -0.454 e. The first-order valence-corrected chi connectivity index (χ1v) is 10.4. The Labute approximate surface area is 184 Å². The highest BCUT2D eigenvalue weighted by Gasteiger charge is 2.19. The second kappa shape index (κ2) is 8.22. The van der Waals surface area contributed by atoms with E-state index in [-0.39, 0.29) is 19.2 Å². The van der Waals surface area contributed by atoms with Crippen LogP contribution in [-0.4, -0.2) is 27.4 Å². The van der Waals surface area contributed by atoms with Gasteiger partial charge in [-0.15, -0.1) is 0 Å². The molecule has 0 aliphatic carbocycles. The van der Waals surface area contributed by atoms with Gasteiger partial charge in [-0.1, -0.05) is 37.2 Å². The van der Waals surface area contributed by atoms with Crippen LogP contribution in [0.3, 0.4) is 0 Å². The molecule has 0 spiro atoms. The second-order valence-electron chi connectivity index (χ2n) is 7.80. The van der Waals surface area contributed by atoms with E-state index in [1.165, 1.54) is 0 Å². The summed E-state index contributed by atoms with van der Waals surface area (Å²) in [5.41, 5.74) is 3.34. The van der Waals surface area contributed by atoms with Gasteiger partial charge in [-0.25, -0.2) is 0 Å². The second-order valence-corrected chi connectivity index (χ2v) is 7.80. The van der Waals surface area contributed by atoms with Gasteiger partial charge in [-0.2, -0.15) is 4.98 Å². The van der Waals surface area contributed by atoms with E-state index in [2.05, 4.69) is 29.3 Å². The minimum absolute atomic E-state index is 0.122. The Bertz CT molecular complexity index is 1270. The highest BCUT2D eigenvalue weighted by molar-refractivity contribution is 5.91. The first-order chi connectivity index (χ1) is 15.6. The van der Waals surface area contributed by atoms with Crippen molar-refractivity contribution >= 4 is 11.6 Å². The summed E-state index contributed by atoms with van der Waals surface area (Å²) in [6.45, 7) is 4.52. The molecule has 1 aliphatic heterocycles. The van der Waals surface area contributed by atoms with Gasteiger partial charge in [0.05, 0.1) is 0 Å². The van der Waals surface area contributed by atoms with Crippen LogP contribution in [-0.2, 0) is 11.3 Å². The third-order valence-corrected chi connectivity index (χ3v) is 5.28. The molecular formula is C24H22N4O4. The zero-order chi connectivity index (χ0) is 22.1. The predicted molar refractivity (Wildman–Crippen MR) is 118 cm³/mol. The molecule has 1 aliphatic rings. The van der Waals surface area contributed by atoms with Crippen LogP contribution in [0.5, 0.6) is 11.5 Å². The zero-order valence-electron chi connectivity index (χ0n) is 17.7. The largest absolute Gasteiger partial charge is 0.454 e. The van der Waals surface area contributed by atoms with Crippen molar-refractivity contribution in [1.29, 1.82) is 0 Å². The molecule has 162 valence electrons. The number of benzene rings is 2. The number of para-hydroxylation sites is 1. The van der Waals surface area contributed by atoms with Crippen molar-refractivity contribution in [2.45, 2.75) is 26.3 Å². The van der Waals surface area contributed by atoms with Gasteiger partial charge >= 0.3 is 0 Å². The quantitative estimate of drug-likeness (QED) is 0.477. The van der Waals surface area contributed by atoms with E-state index in [0.717, 1.165) is 16.8 Å². The zero-order valence-corrected chi connectivity index (χ0v) is 17.7. The topological polar surface area (TPSA) is 91.4 Å². The van der Waals surface area contributed by atoms with Gasteiger partial charge in [0.15, 0.2) is 11.5 Å². The number of carbonyl (C=O) groups is 1. The lowest BCUT2D eigenvalue weighted by atomic mass is 10.0. The molecule has 0 saturated heterocycles. The summed E-state index contributed by atoms with van der Waals surface area (Å²) in [6, 6.07) is 17.0. The summed E-state index contributed by atoms with van der Waals surface area (Å²) in [5, 5.41) is 7.10. The maximum atomic E-state index is 12.7. The van der Waals surface area contributed by atoms with Gasteiger partial charge < -0.3 is 23.9 Å². The average Bonchev–Trinajstić information content (AvgIpc) is 3.53. The van der Waals surface area contributed by atoms with E-state index in [4.69, 9.17) is 14.0 Å². The molecule has 0 unspecified atom stereocenters. The van der Waals surface area contributed by atoms with E-state index in [9.17, 15) is 4.79 Å². The number of hydrogen-bond donors (Lipinski definition) is 1. The number of anilines is 1. The van der Waals surface area contributed by atoms with Gasteiger partial charge in [-0.3, -0.25) is 4.79 Å². The first kappa shape index (κ1) is 19.9.